The average Bonchev–Trinajstić information content (AvgIpc) is 3.14. The van der Waals surface area contributed by atoms with E-state index >= 15 is 0 Å². The smallest absolute Gasteiger partial charge is 0.317 e. The first kappa shape index (κ1) is 18.9. The number of rotatable bonds is 6. The number of benzene rings is 2. The average molecular weight is 362 g/mol. The third kappa shape index (κ3) is 5.57. The van der Waals surface area contributed by atoms with Crippen LogP contribution in [0.15, 0.2) is 54.6 Å². The molecule has 2 aromatic rings. The second kappa shape index (κ2) is 9.20. The second-order valence-electron chi connectivity index (χ2n) is 7.22. The standard InChI is InChI=1S/C22H26N4O/c1-25(22(27)24-14-19-9-7-18(13-23)8-10-19)15-21-11-12-26(17-21)16-20-5-3-2-4-6-20/h2-10,21H,11-12,14-17H2,1H3,(H,24,27). The Hall–Kier alpha value is -2.84. The lowest BCUT2D eigenvalue weighted by molar-refractivity contribution is 0.199. The van der Waals surface area contributed by atoms with Gasteiger partial charge in [0, 0.05) is 33.2 Å². The van der Waals surface area contributed by atoms with Crippen LogP contribution in [0.2, 0.25) is 0 Å². The third-order valence-electron chi connectivity index (χ3n) is 5.02. The van der Waals surface area contributed by atoms with Crippen LogP contribution >= 0.6 is 0 Å². The summed E-state index contributed by atoms with van der Waals surface area (Å²) < 4.78 is 0. The van der Waals surface area contributed by atoms with Gasteiger partial charge < -0.3 is 10.2 Å². The van der Waals surface area contributed by atoms with Crippen LogP contribution in [0.4, 0.5) is 4.79 Å². The molecular formula is C22H26N4O. The molecule has 140 valence electrons. The van der Waals surface area contributed by atoms with E-state index in [9.17, 15) is 4.79 Å². The van der Waals surface area contributed by atoms with Gasteiger partial charge in [0.25, 0.3) is 0 Å². The van der Waals surface area contributed by atoms with Gasteiger partial charge in [-0.1, -0.05) is 42.5 Å². The minimum atomic E-state index is -0.0548. The van der Waals surface area contributed by atoms with Crippen LogP contribution in [-0.4, -0.2) is 42.5 Å². The molecule has 2 amide bonds. The van der Waals surface area contributed by atoms with Crippen molar-refractivity contribution < 1.29 is 4.79 Å². The Morgan fingerprint density at radius 3 is 2.63 bits per heavy atom. The fourth-order valence-corrected chi connectivity index (χ4v) is 3.53. The number of hydrogen-bond donors (Lipinski definition) is 1. The quantitative estimate of drug-likeness (QED) is 0.858. The number of nitrogens with one attached hydrogen (secondary N) is 1. The van der Waals surface area contributed by atoms with E-state index in [0.29, 0.717) is 18.0 Å². The summed E-state index contributed by atoms with van der Waals surface area (Å²) in [6, 6.07) is 19.8. The Labute approximate surface area is 161 Å². The molecule has 0 aliphatic carbocycles. The SMILES string of the molecule is CN(CC1CCN(Cc2ccccc2)C1)C(=O)NCc1ccc(C#N)cc1. The summed E-state index contributed by atoms with van der Waals surface area (Å²) in [5.74, 6) is 0.513. The van der Waals surface area contributed by atoms with E-state index in [1.54, 1.807) is 17.0 Å². The first-order chi connectivity index (χ1) is 13.1. The summed E-state index contributed by atoms with van der Waals surface area (Å²) in [5.41, 5.74) is 2.96. The first-order valence-corrected chi connectivity index (χ1v) is 9.38. The monoisotopic (exact) mass is 362 g/mol. The molecule has 2 aromatic carbocycles. The third-order valence-corrected chi connectivity index (χ3v) is 5.02. The van der Waals surface area contributed by atoms with Crippen molar-refractivity contribution in [1.82, 2.24) is 15.1 Å². The maximum absolute atomic E-state index is 12.3. The van der Waals surface area contributed by atoms with Crippen LogP contribution in [0, 0.1) is 17.2 Å². The second-order valence-corrected chi connectivity index (χ2v) is 7.22. The van der Waals surface area contributed by atoms with Crippen molar-refractivity contribution in [3.05, 3.63) is 71.3 Å². The lowest BCUT2D eigenvalue weighted by Gasteiger charge is -2.22. The van der Waals surface area contributed by atoms with Crippen molar-refractivity contribution in [1.29, 1.82) is 5.26 Å². The van der Waals surface area contributed by atoms with Gasteiger partial charge in [-0.3, -0.25) is 4.90 Å². The van der Waals surface area contributed by atoms with Crippen LogP contribution in [-0.2, 0) is 13.1 Å². The molecular weight excluding hydrogens is 336 g/mol. The fourth-order valence-electron chi connectivity index (χ4n) is 3.53. The van der Waals surface area contributed by atoms with Crippen LogP contribution in [0.5, 0.6) is 0 Å². The van der Waals surface area contributed by atoms with E-state index in [1.807, 2.05) is 25.2 Å². The van der Waals surface area contributed by atoms with E-state index in [0.717, 1.165) is 38.2 Å². The summed E-state index contributed by atoms with van der Waals surface area (Å²) in [6.45, 7) is 4.33. The number of nitrogens with zero attached hydrogens (tertiary/aromatic N) is 3. The Bertz CT molecular complexity index is 782. The molecule has 1 heterocycles. The zero-order chi connectivity index (χ0) is 19.1. The predicted molar refractivity (Wildman–Crippen MR) is 106 cm³/mol. The molecule has 1 saturated heterocycles. The molecule has 0 bridgehead atoms. The lowest BCUT2D eigenvalue weighted by Crippen LogP contribution is -2.40. The number of carbonyl (C=O) groups is 1. The maximum atomic E-state index is 12.3. The van der Waals surface area contributed by atoms with Gasteiger partial charge in [-0.15, -0.1) is 0 Å². The van der Waals surface area contributed by atoms with Gasteiger partial charge in [0.2, 0.25) is 0 Å². The van der Waals surface area contributed by atoms with Crippen LogP contribution in [0.25, 0.3) is 0 Å². The zero-order valence-corrected chi connectivity index (χ0v) is 15.8. The van der Waals surface area contributed by atoms with Crippen LogP contribution in [0.3, 0.4) is 0 Å². The Balaban J connectivity index is 1.41. The van der Waals surface area contributed by atoms with Crippen molar-refractivity contribution in [2.45, 2.75) is 19.5 Å². The normalized spacial score (nSPS) is 16.7. The number of nitriles is 1. The van der Waals surface area contributed by atoms with Crippen molar-refractivity contribution in [3.8, 4) is 6.07 Å². The molecule has 27 heavy (non-hydrogen) atoms. The highest BCUT2D eigenvalue weighted by atomic mass is 16.2. The Morgan fingerprint density at radius 2 is 1.93 bits per heavy atom. The van der Waals surface area contributed by atoms with Gasteiger partial charge in [-0.2, -0.15) is 5.26 Å². The molecule has 3 rings (SSSR count). The minimum Gasteiger partial charge on any atom is -0.334 e. The maximum Gasteiger partial charge on any atom is 0.317 e. The van der Waals surface area contributed by atoms with Crippen molar-refractivity contribution in [3.63, 3.8) is 0 Å². The first-order valence-electron chi connectivity index (χ1n) is 9.38. The number of hydrogen-bond acceptors (Lipinski definition) is 3. The highest BCUT2D eigenvalue weighted by Crippen LogP contribution is 2.19. The highest BCUT2D eigenvalue weighted by Gasteiger charge is 2.24. The predicted octanol–water partition coefficient (Wildman–Crippen LogP) is 3.22. The fraction of sp³-hybridized carbons (Fsp3) is 0.364. The zero-order valence-electron chi connectivity index (χ0n) is 15.8. The largest absolute Gasteiger partial charge is 0.334 e. The van der Waals surface area contributed by atoms with Gasteiger partial charge in [-0.05, 0) is 42.1 Å². The van der Waals surface area contributed by atoms with E-state index in [-0.39, 0.29) is 6.03 Å². The molecule has 1 N–H and O–H groups in total. The van der Waals surface area contributed by atoms with Gasteiger partial charge in [0.1, 0.15) is 0 Å². The number of carbonyl (C=O) groups excluding carboxylic acids is 1. The Kier molecular flexibility index (Phi) is 6.45. The summed E-state index contributed by atoms with van der Waals surface area (Å²) in [7, 11) is 1.86. The van der Waals surface area contributed by atoms with Crippen molar-refractivity contribution in [2.24, 2.45) is 5.92 Å². The van der Waals surface area contributed by atoms with E-state index in [1.165, 1.54) is 5.56 Å². The lowest BCUT2D eigenvalue weighted by atomic mass is 10.1. The number of amides is 2. The molecule has 0 aromatic heterocycles. The summed E-state index contributed by atoms with van der Waals surface area (Å²) >= 11 is 0. The summed E-state index contributed by atoms with van der Waals surface area (Å²) in [4.78, 5) is 16.6. The number of urea groups is 1. The topological polar surface area (TPSA) is 59.4 Å². The van der Waals surface area contributed by atoms with Crippen molar-refractivity contribution >= 4 is 6.03 Å². The van der Waals surface area contributed by atoms with Crippen LogP contribution < -0.4 is 5.32 Å². The van der Waals surface area contributed by atoms with Gasteiger partial charge in [0.15, 0.2) is 0 Å². The minimum absolute atomic E-state index is 0.0548. The molecule has 5 heteroatoms. The van der Waals surface area contributed by atoms with Gasteiger partial charge in [0.05, 0.1) is 11.6 Å². The van der Waals surface area contributed by atoms with E-state index < -0.39 is 0 Å². The summed E-state index contributed by atoms with van der Waals surface area (Å²) in [5, 5.41) is 11.8. The molecule has 0 spiro atoms. The number of likely N-dealkylation sites (tertiary alicyclic amines) is 1. The van der Waals surface area contributed by atoms with E-state index in [2.05, 4.69) is 40.6 Å². The molecule has 1 aliphatic rings. The molecule has 1 aliphatic heterocycles. The highest BCUT2D eigenvalue weighted by molar-refractivity contribution is 5.73. The van der Waals surface area contributed by atoms with Crippen LogP contribution in [0.1, 0.15) is 23.1 Å². The molecule has 5 nitrogen and oxygen atoms in total. The van der Waals surface area contributed by atoms with E-state index in [4.69, 9.17) is 5.26 Å². The van der Waals surface area contributed by atoms with Crippen molar-refractivity contribution in [2.75, 3.05) is 26.7 Å². The molecule has 1 atom stereocenters. The molecule has 1 unspecified atom stereocenters. The molecule has 0 radical (unpaired) electrons. The molecule has 1 fully saturated rings. The van der Waals surface area contributed by atoms with Gasteiger partial charge in [-0.25, -0.2) is 4.79 Å². The van der Waals surface area contributed by atoms with Gasteiger partial charge >= 0.3 is 6.03 Å². The molecule has 0 saturated carbocycles. The Morgan fingerprint density at radius 1 is 1.19 bits per heavy atom. The summed E-state index contributed by atoms with van der Waals surface area (Å²) in [6.07, 6.45) is 1.13.